The first-order valence-electron chi connectivity index (χ1n) is 7.18. The van der Waals surface area contributed by atoms with Crippen molar-refractivity contribution in [2.45, 2.75) is 13.0 Å². The Balaban J connectivity index is 1.88. The van der Waals surface area contributed by atoms with Gasteiger partial charge >= 0.3 is 0 Å². The first-order chi connectivity index (χ1) is 11.1. The molecule has 0 saturated heterocycles. The Kier molecular flexibility index (Phi) is 5.71. The van der Waals surface area contributed by atoms with Gasteiger partial charge in [-0.15, -0.1) is 0 Å². The summed E-state index contributed by atoms with van der Waals surface area (Å²) in [5, 5.41) is 2.85. The van der Waals surface area contributed by atoms with Gasteiger partial charge < -0.3 is 10.1 Å². The van der Waals surface area contributed by atoms with Crippen LogP contribution in [0, 0.1) is 0 Å². The molecule has 6 heteroatoms. The van der Waals surface area contributed by atoms with E-state index in [1.165, 1.54) is 6.07 Å². The van der Waals surface area contributed by atoms with Crippen molar-refractivity contribution in [2.24, 2.45) is 5.84 Å². The van der Waals surface area contributed by atoms with Crippen LogP contribution in [0.5, 0.6) is 5.75 Å². The van der Waals surface area contributed by atoms with Gasteiger partial charge in [-0.05, 0) is 30.7 Å². The fraction of sp³-hybridized carbons (Fsp3) is 0.176. The largest absolute Gasteiger partial charge is 0.484 e. The molecule has 2 aromatic rings. The van der Waals surface area contributed by atoms with Crippen molar-refractivity contribution in [1.29, 1.82) is 0 Å². The number of nitrogen functional groups attached to an aromatic ring is 1. The molecule has 0 radical (unpaired) electrons. The fourth-order valence-electron chi connectivity index (χ4n) is 2.07. The number of hydrazine groups is 1. The Labute approximate surface area is 134 Å². The van der Waals surface area contributed by atoms with E-state index in [-0.39, 0.29) is 18.6 Å². The number of benzene rings is 2. The molecule has 120 valence electrons. The molecule has 1 unspecified atom stereocenters. The number of carbonyl (C=O) groups excluding carboxylic acids is 2. The first-order valence-corrected chi connectivity index (χ1v) is 7.18. The predicted molar refractivity (Wildman–Crippen MR) is 86.6 cm³/mol. The highest BCUT2D eigenvalue weighted by atomic mass is 16.5. The maximum Gasteiger partial charge on any atom is 0.265 e. The third-order valence-corrected chi connectivity index (χ3v) is 3.27. The van der Waals surface area contributed by atoms with Crippen LogP contribution in [0.4, 0.5) is 0 Å². The molecule has 6 nitrogen and oxygen atoms in total. The van der Waals surface area contributed by atoms with Crippen molar-refractivity contribution in [2.75, 3.05) is 6.61 Å². The van der Waals surface area contributed by atoms with Crippen LogP contribution in [-0.4, -0.2) is 18.4 Å². The Bertz CT molecular complexity index is 674. The zero-order valence-corrected chi connectivity index (χ0v) is 12.8. The summed E-state index contributed by atoms with van der Waals surface area (Å²) >= 11 is 0. The van der Waals surface area contributed by atoms with E-state index < -0.39 is 5.91 Å². The highest BCUT2D eigenvalue weighted by molar-refractivity contribution is 5.94. The van der Waals surface area contributed by atoms with Gasteiger partial charge in [-0.25, -0.2) is 5.84 Å². The molecule has 2 amide bonds. The number of hydrogen-bond donors (Lipinski definition) is 3. The second-order valence-electron chi connectivity index (χ2n) is 4.99. The second-order valence-corrected chi connectivity index (χ2v) is 4.99. The smallest absolute Gasteiger partial charge is 0.265 e. The number of hydrogen-bond acceptors (Lipinski definition) is 4. The summed E-state index contributed by atoms with van der Waals surface area (Å²) in [6, 6.07) is 16.0. The third kappa shape index (κ3) is 4.82. The van der Waals surface area contributed by atoms with Gasteiger partial charge in [-0.1, -0.05) is 36.4 Å². The van der Waals surface area contributed by atoms with E-state index in [9.17, 15) is 9.59 Å². The molecule has 0 aliphatic heterocycles. The van der Waals surface area contributed by atoms with Gasteiger partial charge in [0.05, 0.1) is 6.04 Å². The number of amides is 2. The molecule has 0 aliphatic carbocycles. The molecule has 0 saturated carbocycles. The third-order valence-electron chi connectivity index (χ3n) is 3.27. The summed E-state index contributed by atoms with van der Waals surface area (Å²) in [6.07, 6.45) is 0. The molecule has 0 bridgehead atoms. The average molecular weight is 313 g/mol. The summed E-state index contributed by atoms with van der Waals surface area (Å²) in [7, 11) is 0. The summed E-state index contributed by atoms with van der Waals surface area (Å²) in [5.41, 5.74) is 3.42. The van der Waals surface area contributed by atoms with E-state index in [1.807, 2.05) is 42.7 Å². The zero-order valence-electron chi connectivity index (χ0n) is 12.8. The van der Waals surface area contributed by atoms with Gasteiger partial charge in [0.25, 0.3) is 11.8 Å². The monoisotopic (exact) mass is 313 g/mol. The minimum atomic E-state index is -0.419. The van der Waals surface area contributed by atoms with Crippen LogP contribution in [0.3, 0.4) is 0 Å². The topological polar surface area (TPSA) is 93.4 Å². The van der Waals surface area contributed by atoms with Gasteiger partial charge in [0.15, 0.2) is 6.61 Å². The van der Waals surface area contributed by atoms with Gasteiger partial charge in [0, 0.05) is 5.56 Å². The van der Waals surface area contributed by atoms with Crippen molar-refractivity contribution in [3.8, 4) is 5.75 Å². The van der Waals surface area contributed by atoms with Crippen LogP contribution < -0.4 is 21.3 Å². The van der Waals surface area contributed by atoms with E-state index in [4.69, 9.17) is 10.6 Å². The van der Waals surface area contributed by atoms with Gasteiger partial charge in [0.1, 0.15) is 5.75 Å². The van der Waals surface area contributed by atoms with Crippen LogP contribution in [0.1, 0.15) is 28.9 Å². The lowest BCUT2D eigenvalue weighted by molar-refractivity contribution is -0.123. The van der Waals surface area contributed by atoms with Crippen molar-refractivity contribution in [1.82, 2.24) is 10.7 Å². The van der Waals surface area contributed by atoms with Gasteiger partial charge in [-0.3, -0.25) is 15.0 Å². The van der Waals surface area contributed by atoms with E-state index in [0.717, 1.165) is 5.56 Å². The molecule has 0 heterocycles. The maximum absolute atomic E-state index is 11.9. The zero-order chi connectivity index (χ0) is 16.7. The van der Waals surface area contributed by atoms with E-state index >= 15 is 0 Å². The minimum Gasteiger partial charge on any atom is -0.484 e. The van der Waals surface area contributed by atoms with Crippen molar-refractivity contribution < 1.29 is 14.3 Å². The minimum absolute atomic E-state index is 0.110. The lowest BCUT2D eigenvalue weighted by Gasteiger charge is -2.14. The van der Waals surface area contributed by atoms with Gasteiger partial charge in [-0.2, -0.15) is 0 Å². The SMILES string of the molecule is CC(NC(=O)COc1cccc(C(=O)NN)c1)c1ccccc1. The number of nitrogens with two attached hydrogens (primary N) is 1. The van der Waals surface area contributed by atoms with E-state index in [2.05, 4.69) is 5.32 Å². The molecule has 0 fully saturated rings. The molecule has 2 aromatic carbocycles. The summed E-state index contributed by atoms with van der Waals surface area (Å²) in [4.78, 5) is 23.4. The van der Waals surface area contributed by atoms with Crippen molar-refractivity contribution in [3.63, 3.8) is 0 Å². The Morgan fingerprint density at radius 1 is 1.13 bits per heavy atom. The quantitative estimate of drug-likeness (QED) is 0.428. The first kappa shape index (κ1) is 16.5. The molecule has 4 N–H and O–H groups in total. The van der Waals surface area contributed by atoms with Crippen molar-refractivity contribution >= 4 is 11.8 Å². The Hall–Kier alpha value is -2.86. The van der Waals surface area contributed by atoms with Crippen LogP contribution in [-0.2, 0) is 4.79 Å². The standard InChI is InChI=1S/C17H19N3O3/c1-12(13-6-3-2-4-7-13)19-16(21)11-23-15-9-5-8-14(10-15)17(22)20-18/h2-10,12H,11,18H2,1H3,(H,19,21)(H,20,22). The molecule has 0 aromatic heterocycles. The fourth-order valence-corrected chi connectivity index (χ4v) is 2.07. The molecule has 2 rings (SSSR count). The summed E-state index contributed by atoms with van der Waals surface area (Å²) < 4.78 is 5.41. The number of nitrogens with one attached hydrogen (secondary N) is 2. The highest BCUT2D eigenvalue weighted by Crippen LogP contribution is 2.14. The van der Waals surface area contributed by atoms with Crippen LogP contribution in [0.25, 0.3) is 0 Å². The van der Waals surface area contributed by atoms with Crippen molar-refractivity contribution in [3.05, 3.63) is 65.7 Å². The maximum atomic E-state index is 11.9. The highest BCUT2D eigenvalue weighted by Gasteiger charge is 2.10. The average Bonchev–Trinajstić information content (AvgIpc) is 2.60. The lowest BCUT2D eigenvalue weighted by atomic mass is 10.1. The molecule has 0 aliphatic rings. The van der Waals surface area contributed by atoms with Crippen LogP contribution in [0.2, 0.25) is 0 Å². The van der Waals surface area contributed by atoms with Crippen LogP contribution in [0.15, 0.2) is 54.6 Å². The number of ether oxygens (including phenoxy) is 1. The van der Waals surface area contributed by atoms with Crippen LogP contribution >= 0.6 is 0 Å². The molecule has 1 atom stereocenters. The van der Waals surface area contributed by atoms with Gasteiger partial charge in [0.2, 0.25) is 0 Å². The number of rotatable bonds is 6. The Morgan fingerprint density at radius 2 is 1.87 bits per heavy atom. The number of carbonyl (C=O) groups is 2. The normalized spacial score (nSPS) is 11.4. The Morgan fingerprint density at radius 3 is 2.57 bits per heavy atom. The molecular formula is C17H19N3O3. The predicted octanol–water partition coefficient (Wildman–Crippen LogP) is 1.55. The summed E-state index contributed by atoms with van der Waals surface area (Å²) in [6.45, 7) is 1.77. The van der Waals surface area contributed by atoms with E-state index in [1.54, 1.807) is 18.2 Å². The van der Waals surface area contributed by atoms with E-state index in [0.29, 0.717) is 11.3 Å². The second kappa shape index (κ2) is 7.95. The molecule has 23 heavy (non-hydrogen) atoms. The summed E-state index contributed by atoms with van der Waals surface area (Å²) in [5.74, 6) is 4.85. The molecule has 0 spiro atoms. The molecular weight excluding hydrogens is 294 g/mol. The lowest BCUT2D eigenvalue weighted by Crippen LogP contribution is -2.31.